The Labute approximate surface area is 290 Å². The molecule has 0 saturated carbocycles. The lowest BCUT2D eigenvalue weighted by Crippen LogP contribution is -2.32. The van der Waals surface area contributed by atoms with E-state index >= 15 is 0 Å². The van der Waals surface area contributed by atoms with E-state index in [0.29, 0.717) is 5.95 Å². The number of hydrogen-bond acceptors (Lipinski definition) is 6. The first-order valence-corrected chi connectivity index (χ1v) is 17.8. The minimum Gasteiger partial charge on any atom is -0.302 e. The molecule has 5 nitrogen and oxygen atoms in total. The number of nitrogens with zero attached hydrogens (tertiary/aromatic N) is 5. The first-order chi connectivity index (χ1) is 24.8. The fourth-order valence-corrected chi connectivity index (χ4v) is 9.75. The quantitative estimate of drug-likeness (QED) is 0.186. The molecule has 6 heteroatoms. The maximum atomic E-state index is 5.52. The zero-order chi connectivity index (χ0) is 32.5. The summed E-state index contributed by atoms with van der Waals surface area (Å²) in [4.78, 5) is 23.7. The molecule has 0 spiro atoms. The second-order valence-corrected chi connectivity index (χ2v) is 14.4. The average molecular weight is 656 g/mol. The van der Waals surface area contributed by atoms with Crippen LogP contribution in [0.4, 0.5) is 11.6 Å². The molecule has 4 heterocycles. The number of hydrogen-bond donors (Lipinski definition) is 0. The maximum Gasteiger partial charge on any atom is 0.231 e. The van der Waals surface area contributed by atoms with Crippen LogP contribution < -0.4 is 4.90 Å². The highest BCUT2D eigenvalue weighted by molar-refractivity contribution is 7.26. The van der Waals surface area contributed by atoms with Gasteiger partial charge in [0.25, 0.3) is 0 Å². The lowest BCUT2D eigenvalue weighted by molar-refractivity contribution is 0.711. The van der Waals surface area contributed by atoms with Crippen LogP contribution in [0.25, 0.3) is 70.2 Å². The molecule has 2 unspecified atom stereocenters. The minimum absolute atomic E-state index is 0.0452. The van der Waals surface area contributed by atoms with Crippen molar-refractivity contribution in [3.05, 3.63) is 162 Å². The summed E-state index contributed by atoms with van der Waals surface area (Å²) in [5.41, 5.74) is 14.1. The Morgan fingerprint density at radius 1 is 0.580 bits per heavy atom. The maximum absolute atomic E-state index is 5.52. The summed E-state index contributed by atoms with van der Waals surface area (Å²) >= 11 is 1.77. The Kier molecular flexibility index (Phi) is 5.17. The van der Waals surface area contributed by atoms with Crippen molar-refractivity contribution in [1.82, 2.24) is 19.9 Å². The second kappa shape index (κ2) is 9.68. The van der Waals surface area contributed by atoms with E-state index < -0.39 is 0 Å². The molecule has 6 aromatic carbocycles. The van der Waals surface area contributed by atoms with Crippen molar-refractivity contribution in [2.45, 2.75) is 12.0 Å². The van der Waals surface area contributed by atoms with Crippen molar-refractivity contribution < 1.29 is 0 Å². The minimum atomic E-state index is -0.0452. The number of para-hydroxylation sites is 3. The number of fused-ring (bicyclic) bond motifs is 12. The molecule has 1 aliphatic heterocycles. The summed E-state index contributed by atoms with van der Waals surface area (Å²) in [7, 11) is 0. The standard InChI is InChI=1S/C44H25N5S/c1-2-11-25-22-26(21-20-24(25)10-1)39-43-42(28-13-4-8-19-36(28)50-43)48-44(47-39)49-34-18-7-3-12-27(34)38-29-14-9-15-30-37(29)31(23-35(38)49)41-40(30)45-32-16-5-6-17-33(32)46-41/h1-23,35,38H. The van der Waals surface area contributed by atoms with Gasteiger partial charge < -0.3 is 4.90 Å². The molecular formula is C44H25N5S. The summed E-state index contributed by atoms with van der Waals surface area (Å²) < 4.78 is 2.32. The van der Waals surface area contributed by atoms with Gasteiger partial charge in [0, 0.05) is 38.4 Å². The number of thiophene rings is 1. The Balaban J connectivity index is 1.13. The van der Waals surface area contributed by atoms with Gasteiger partial charge in [-0.25, -0.2) is 19.9 Å². The van der Waals surface area contributed by atoms with E-state index in [1.165, 1.54) is 32.2 Å². The lowest BCUT2D eigenvalue weighted by atomic mass is 9.78. The average Bonchev–Trinajstić information content (AvgIpc) is 3.82. The highest BCUT2D eigenvalue weighted by atomic mass is 32.1. The zero-order valence-corrected chi connectivity index (χ0v) is 27.4. The topological polar surface area (TPSA) is 54.8 Å². The van der Waals surface area contributed by atoms with Gasteiger partial charge in [-0.15, -0.1) is 11.3 Å². The van der Waals surface area contributed by atoms with Gasteiger partial charge in [0.15, 0.2) is 0 Å². The van der Waals surface area contributed by atoms with Crippen LogP contribution in [-0.2, 0) is 0 Å². The third-order valence-electron chi connectivity index (χ3n) is 10.7. The zero-order valence-electron chi connectivity index (χ0n) is 26.6. The highest BCUT2D eigenvalue weighted by Gasteiger charge is 2.46. The van der Waals surface area contributed by atoms with Crippen molar-refractivity contribution >= 4 is 70.7 Å². The normalized spacial score (nSPS) is 16.9. The van der Waals surface area contributed by atoms with Crippen LogP contribution in [-0.4, -0.2) is 26.0 Å². The molecule has 2 aliphatic carbocycles. The van der Waals surface area contributed by atoms with Crippen molar-refractivity contribution in [2.75, 3.05) is 4.90 Å². The van der Waals surface area contributed by atoms with Crippen LogP contribution in [0.15, 0.2) is 140 Å². The van der Waals surface area contributed by atoms with Crippen LogP contribution in [0.5, 0.6) is 0 Å². The molecule has 3 aromatic heterocycles. The summed E-state index contributed by atoms with van der Waals surface area (Å²) in [6.07, 6.45) is 2.42. The Morgan fingerprint density at radius 2 is 1.34 bits per heavy atom. The molecule has 12 rings (SSSR count). The van der Waals surface area contributed by atoms with Crippen molar-refractivity contribution in [1.29, 1.82) is 0 Å². The van der Waals surface area contributed by atoms with Gasteiger partial charge in [0.1, 0.15) is 0 Å². The van der Waals surface area contributed by atoms with Crippen LogP contribution in [0.3, 0.4) is 0 Å². The SMILES string of the molecule is C1=C2c3nc4ccccc4nc3-c3cccc(c32)C2c3ccccc3N(c3nc(-c4ccc5ccccc5c4)c4sc5ccccc5c4n3)C12. The molecule has 0 amide bonds. The second-order valence-electron chi connectivity index (χ2n) is 13.4. The van der Waals surface area contributed by atoms with E-state index in [9.17, 15) is 0 Å². The van der Waals surface area contributed by atoms with E-state index in [1.54, 1.807) is 11.3 Å². The molecule has 3 aliphatic rings. The Bertz CT molecular complexity index is 2980. The summed E-state index contributed by atoms with van der Waals surface area (Å²) in [5, 5.41) is 3.57. The van der Waals surface area contributed by atoms with Crippen LogP contribution in [0.2, 0.25) is 0 Å². The molecular weight excluding hydrogens is 631 g/mol. The number of rotatable bonds is 2. The first-order valence-electron chi connectivity index (χ1n) is 17.0. The number of aromatic nitrogens is 4. The van der Waals surface area contributed by atoms with Gasteiger partial charge >= 0.3 is 0 Å². The summed E-state index contributed by atoms with van der Waals surface area (Å²) in [6.45, 7) is 0. The largest absolute Gasteiger partial charge is 0.302 e. The van der Waals surface area contributed by atoms with Gasteiger partial charge in [-0.2, -0.15) is 0 Å². The smallest absolute Gasteiger partial charge is 0.231 e. The molecule has 0 saturated heterocycles. The third-order valence-corrected chi connectivity index (χ3v) is 11.9. The highest BCUT2D eigenvalue weighted by Crippen LogP contribution is 2.57. The Hall–Kier alpha value is -6.24. The van der Waals surface area contributed by atoms with Crippen LogP contribution in [0.1, 0.15) is 28.3 Å². The fourth-order valence-electron chi connectivity index (χ4n) is 8.60. The predicted molar refractivity (Wildman–Crippen MR) is 204 cm³/mol. The molecule has 0 fully saturated rings. The number of benzene rings is 6. The van der Waals surface area contributed by atoms with Gasteiger partial charge in [-0.05, 0) is 57.8 Å². The van der Waals surface area contributed by atoms with E-state index in [2.05, 4.69) is 132 Å². The number of anilines is 2. The first kappa shape index (κ1) is 26.7. The van der Waals surface area contributed by atoms with Crippen molar-refractivity contribution in [3.8, 4) is 22.5 Å². The summed E-state index contributed by atoms with van der Waals surface area (Å²) in [5.74, 6) is 0.819. The molecule has 232 valence electrons. The third kappa shape index (κ3) is 3.50. The van der Waals surface area contributed by atoms with Crippen LogP contribution >= 0.6 is 11.3 Å². The van der Waals surface area contributed by atoms with E-state index in [1.807, 2.05) is 12.1 Å². The van der Waals surface area contributed by atoms with E-state index in [4.69, 9.17) is 19.9 Å². The van der Waals surface area contributed by atoms with Gasteiger partial charge in [0.05, 0.1) is 44.4 Å². The monoisotopic (exact) mass is 655 g/mol. The molecule has 2 atom stereocenters. The lowest BCUT2D eigenvalue weighted by Gasteiger charge is -2.31. The summed E-state index contributed by atoms with van der Waals surface area (Å²) in [6, 6.07) is 47.4. The molecule has 0 N–H and O–H groups in total. The van der Waals surface area contributed by atoms with Gasteiger partial charge in [-0.3, -0.25) is 0 Å². The van der Waals surface area contributed by atoms with Crippen molar-refractivity contribution in [2.24, 2.45) is 0 Å². The van der Waals surface area contributed by atoms with Gasteiger partial charge in [0.2, 0.25) is 5.95 Å². The molecule has 50 heavy (non-hydrogen) atoms. The Morgan fingerprint density at radius 3 is 2.26 bits per heavy atom. The van der Waals surface area contributed by atoms with Crippen LogP contribution in [0, 0.1) is 0 Å². The van der Waals surface area contributed by atoms with E-state index in [0.717, 1.165) is 66.1 Å². The molecule has 0 radical (unpaired) electrons. The van der Waals surface area contributed by atoms with Crippen molar-refractivity contribution in [3.63, 3.8) is 0 Å². The molecule has 9 aromatic rings. The fraction of sp³-hybridized carbons (Fsp3) is 0.0455. The van der Waals surface area contributed by atoms with Gasteiger partial charge in [-0.1, -0.05) is 109 Å². The van der Waals surface area contributed by atoms with E-state index in [-0.39, 0.29) is 12.0 Å². The molecule has 0 bridgehead atoms. The predicted octanol–water partition coefficient (Wildman–Crippen LogP) is 10.7.